The van der Waals surface area contributed by atoms with Gasteiger partial charge < -0.3 is 18.6 Å². The Labute approximate surface area is 223 Å². The number of nitro benzene ring substituents is 2. The van der Waals surface area contributed by atoms with Crippen molar-refractivity contribution >= 4 is 39.1 Å². The SMILES string of the molecule is COC(=O)c1ccc(Cc2cn(C)c3ccc([N+](=O)[O-])cc23)c(OC)c1.Cn1ccc2cc([N+](=O)[O-])ccc21. The standard InChI is InChI=1S/C19H18N2O5.C9H8N2O2/c1-20-11-14(16-10-15(21(23)24)6-7-17(16)20)8-12-4-5-13(19(22)26-3)9-18(12)25-2;1-10-5-4-7-6-8(11(12)13)2-3-9(7)10/h4-7,9-11H,8H2,1-3H3;2-6H,1H3. The third kappa shape index (κ3) is 5.57. The number of nitrogens with zero attached hydrogens (tertiary/aromatic N) is 4. The van der Waals surface area contributed by atoms with Gasteiger partial charge in [0.05, 0.1) is 29.6 Å². The number of carbonyl (C=O) groups excluding carboxylic acids is 1. The number of hydrogen-bond donors (Lipinski definition) is 0. The van der Waals surface area contributed by atoms with Gasteiger partial charge in [-0.15, -0.1) is 0 Å². The van der Waals surface area contributed by atoms with Crippen molar-refractivity contribution in [2.75, 3.05) is 14.2 Å². The molecule has 0 unspecified atom stereocenters. The molecule has 0 atom stereocenters. The van der Waals surface area contributed by atoms with Crippen LogP contribution in [0.25, 0.3) is 21.8 Å². The van der Waals surface area contributed by atoms with Gasteiger partial charge in [0.2, 0.25) is 0 Å². The highest BCUT2D eigenvalue weighted by Crippen LogP contribution is 2.30. The van der Waals surface area contributed by atoms with Crippen LogP contribution in [-0.2, 0) is 25.3 Å². The summed E-state index contributed by atoms with van der Waals surface area (Å²) in [5.74, 6) is 0.131. The second-order valence-electron chi connectivity index (χ2n) is 8.85. The summed E-state index contributed by atoms with van der Waals surface area (Å²) in [4.78, 5) is 32.4. The van der Waals surface area contributed by atoms with E-state index in [9.17, 15) is 25.0 Å². The molecular weight excluding hydrogens is 504 g/mol. The molecule has 5 rings (SSSR count). The summed E-state index contributed by atoms with van der Waals surface area (Å²) < 4.78 is 14.0. The monoisotopic (exact) mass is 530 g/mol. The van der Waals surface area contributed by atoms with Crippen LogP contribution in [-0.4, -0.2) is 39.2 Å². The molecule has 11 heteroatoms. The van der Waals surface area contributed by atoms with Crippen molar-refractivity contribution in [3.63, 3.8) is 0 Å². The number of esters is 1. The van der Waals surface area contributed by atoms with Crippen LogP contribution in [0.2, 0.25) is 0 Å². The molecule has 11 nitrogen and oxygen atoms in total. The van der Waals surface area contributed by atoms with Gasteiger partial charge in [0.1, 0.15) is 5.75 Å². The highest BCUT2D eigenvalue weighted by Gasteiger charge is 2.16. The van der Waals surface area contributed by atoms with E-state index in [1.807, 2.05) is 41.7 Å². The molecule has 200 valence electrons. The first kappa shape index (κ1) is 26.9. The molecule has 0 aliphatic rings. The van der Waals surface area contributed by atoms with Crippen molar-refractivity contribution in [3.05, 3.63) is 110 Å². The molecule has 0 saturated carbocycles. The number of fused-ring (bicyclic) bond motifs is 2. The Kier molecular flexibility index (Phi) is 7.61. The number of carbonyl (C=O) groups is 1. The summed E-state index contributed by atoms with van der Waals surface area (Å²) in [7, 11) is 6.67. The summed E-state index contributed by atoms with van der Waals surface area (Å²) in [6, 6.07) is 16.7. The molecule has 0 aliphatic heterocycles. The van der Waals surface area contributed by atoms with E-state index in [2.05, 4.69) is 0 Å². The molecule has 0 aliphatic carbocycles. The minimum atomic E-state index is -0.435. The molecule has 2 aromatic heterocycles. The van der Waals surface area contributed by atoms with Crippen LogP contribution >= 0.6 is 0 Å². The lowest BCUT2D eigenvalue weighted by molar-refractivity contribution is -0.384. The van der Waals surface area contributed by atoms with Crippen LogP contribution in [0.3, 0.4) is 0 Å². The quantitative estimate of drug-likeness (QED) is 0.159. The van der Waals surface area contributed by atoms with Crippen molar-refractivity contribution in [2.45, 2.75) is 6.42 Å². The van der Waals surface area contributed by atoms with E-state index in [0.717, 1.165) is 32.9 Å². The predicted octanol–water partition coefficient (Wildman–Crippen LogP) is 5.56. The number of non-ortho nitro benzene ring substituents is 2. The number of aromatic nitrogens is 2. The van der Waals surface area contributed by atoms with Crippen LogP contribution in [0.15, 0.2) is 73.1 Å². The molecule has 0 amide bonds. The van der Waals surface area contributed by atoms with E-state index in [-0.39, 0.29) is 16.3 Å². The van der Waals surface area contributed by atoms with Crippen LogP contribution in [0, 0.1) is 20.2 Å². The van der Waals surface area contributed by atoms with Crippen molar-refractivity contribution < 1.29 is 24.1 Å². The Morgan fingerprint density at radius 1 is 0.821 bits per heavy atom. The van der Waals surface area contributed by atoms with Gasteiger partial charge in [0.15, 0.2) is 0 Å². The maximum atomic E-state index is 11.7. The molecule has 0 radical (unpaired) electrons. The van der Waals surface area contributed by atoms with Crippen molar-refractivity contribution in [1.82, 2.24) is 9.13 Å². The summed E-state index contributed by atoms with van der Waals surface area (Å²) in [5.41, 5.74) is 4.33. The van der Waals surface area contributed by atoms with Gasteiger partial charge in [-0.25, -0.2) is 4.79 Å². The highest BCUT2D eigenvalue weighted by molar-refractivity contribution is 5.90. The molecule has 0 N–H and O–H groups in total. The molecule has 5 aromatic rings. The number of aryl methyl sites for hydroxylation is 2. The van der Waals surface area contributed by atoms with Gasteiger partial charge in [-0.1, -0.05) is 6.07 Å². The molecular formula is C28H26N4O7. The molecule has 2 heterocycles. The largest absolute Gasteiger partial charge is 0.496 e. The van der Waals surface area contributed by atoms with E-state index in [4.69, 9.17) is 9.47 Å². The summed E-state index contributed by atoms with van der Waals surface area (Å²) in [6.45, 7) is 0. The van der Waals surface area contributed by atoms with E-state index in [1.54, 1.807) is 42.5 Å². The number of hydrogen-bond acceptors (Lipinski definition) is 7. The minimum Gasteiger partial charge on any atom is -0.496 e. The first-order valence-corrected chi connectivity index (χ1v) is 11.8. The third-order valence-corrected chi connectivity index (χ3v) is 6.44. The lowest BCUT2D eigenvalue weighted by atomic mass is 10.0. The Hall–Kier alpha value is -5.19. The van der Waals surface area contributed by atoms with Crippen molar-refractivity contribution in [2.24, 2.45) is 14.1 Å². The van der Waals surface area contributed by atoms with Gasteiger partial charge in [-0.05, 0) is 41.5 Å². The first-order valence-electron chi connectivity index (χ1n) is 11.8. The molecule has 3 aromatic carbocycles. The Bertz CT molecular complexity index is 1720. The number of nitro groups is 2. The number of rotatable bonds is 6. The average Bonchev–Trinajstić information content (AvgIpc) is 3.46. The smallest absolute Gasteiger partial charge is 0.337 e. The van der Waals surface area contributed by atoms with Crippen LogP contribution in [0.1, 0.15) is 21.5 Å². The zero-order valence-electron chi connectivity index (χ0n) is 21.8. The number of ether oxygens (including phenoxy) is 2. The van der Waals surface area contributed by atoms with Gasteiger partial charge in [0.25, 0.3) is 11.4 Å². The Morgan fingerprint density at radius 2 is 1.49 bits per heavy atom. The van der Waals surface area contributed by atoms with Gasteiger partial charge >= 0.3 is 5.97 Å². The number of benzene rings is 3. The molecule has 0 bridgehead atoms. The molecule has 0 saturated heterocycles. The second-order valence-corrected chi connectivity index (χ2v) is 8.85. The summed E-state index contributed by atoms with van der Waals surface area (Å²) in [5, 5.41) is 23.3. The van der Waals surface area contributed by atoms with E-state index in [1.165, 1.54) is 26.4 Å². The van der Waals surface area contributed by atoms with E-state index < -0.39 is 10.9 Å². The fraction of sp³-hybridized carbons (Fsp3) is 0.179. The topological polar surface area (TPSA) is 132 Å². The second kappa shape index (κ2) is 11.1. The minimum absolute atomic E-state index is 0.0537. The van der Waals surface area contributed by atoms with Gasteiger partial charge in [0, 0.05) is 79.0 Å². The average molecular weight is 531 g/mol. The van der Waals surface area contributed by atoms with E-state index in [0.29, 0.717) is 17.7 Å². The summed E-state index contributed by atoms with van der Waals surface area (Å²) in [6.07, 6.45) is 4.35. The van der Waals surface area contributed by atoms with Gasteiger partial charge in [-0.2, -0.15) is 0 Å². The third-order valence-electron chi connectivity index (χ3n) is 6.44. The predicted molar refractivity (Wildman–Crippen MR) is 146 cm³/mol. The Balaban J connectivity index is 0.000000226. The fourth-order valence-electron chi connectivity index (χ4n) is 4.44. The normalized spacial score (nSPS) is 10.7. The fourth-order valence-corrected chi connectivity index (χ4v) is 4.44. The maximum Gasteiger partial charge on any atom is 0.337 e. The maximum absolute atomic E-state index is 11.7. The first-order chi connectivity index (χ1) is 18.6. The van der Waals surface area contributed by atoms with Crippen molar-refractivity contribution in [1.29, 1.82) is 0 Å². The van der Waals surface area contributed by atoms with Crippen molar-refractivity contribution in [3.8, 4) is 5.75 Å². The number of methoxy groups -OCH3 is 2. The lowest BCUT2D eigenvalue weighted by Crippen LogP contribution is -2.03. The molecule has 0 fully saturated rings. The zero-order valence-corrected chi connectivity index (χ0v) is 21.8. The van der Waals surface area contributed by atoms with Crippen LogP contribution in [0.5, 0.6) is 5.75 Å². The van der Waals surface area contributed by atoms with Crippen LogP contribution < -0.4 is 4.74 Å². The van der Waals surface area contributed by atoms with E-state index >= 15 is 0 Å². The zero-order chi connectivity index (χ0) is 28.3. The Morgan fingerprint density at radius 3 is 2.13 bits per heavy atom. The van der Waals surface area contributed by atoms with Gasteiger partial charge in [-0.3, -0.25) is 20.2 Å². The summed E-state index contributed by atoms with van der Waals surface area (Å²) >= 11 is 0. The molecule has 39 heavy (non-hydrogen) atoms. The lowest BCUT2D eigenvalue weighted by Gasteiger charge is -2.10. The van der Waals surface area contributed by atoms with Crippen LogP contribution in [0.4, 0.5) is 11.4 Å². The highest BCUT2D eigenvalue weighted by atomic mass is 16.6. The molecule has 0 spiro atoms.